The third-order valence-corrected chi connectivity index (χ3v) is 2.11. The van der Waals surface area contributed by atoms with E-state index >= 15 is 0 Å². The molecule has 0 atom stereocenters. The quantitative estimate of drug-likeness (QED) is 0.633. The molecule has 0 aliphatic rings. The number of rotatable bonds is 2. The molecule has 0 saturated heterocycles. The molecule has 4 nitrogen and oxygen atoms in total. The molecule has 0 radical (unpaired) electrons. The Morgan fingerprint density at radius 1 is 1.64 bits per heavy atom. The van der Waals surface area contributed by atoms with Crippen molar-refractivity contribution in [3.8, 4) is 6.07 Å². The van der Waals surface area contributed by atoms with Gasteiger partial charge in [0.15, 0.2) is 0 Å². The molecule has 0 aromatic heterocycles. The number of thiol groups is 1. The van der Waals surface area contributed by atoms with E-state index in [2.05, 4.69) is 12.6 Å². The average molecular weight is 208 g/mol. The largest absolute Gasteiger partial charge is 0.478 e. The smallest absolute Gasteiger partial charge is 0.337 e. The molecule has 0 unspecified atom stereocenters. The lowest BCUT2D eigenvalue weighted by atomic mass is 10.0. The van der Waals surface area contributed by atoms with Crippen molar-refractivity contribution in [2.45, 2.75) is 11.4 Å². The number of carboxylic acid groups (broad SMARTS) is 1. The van der Waals surface area contributed by atoms with Crippen LogP contribution < -0.4 is 5.73 Å². The van der Waals surface area contributed by atoms with Crippen molar-refractivity contribution in [3.05, 3.63) is 28.8 Å². The monoisotopic (exact) mass is 208 g/mol. The second-order valence-electron chi connectivity index (χ2n) is 2.65. The Morgan fingerprint density at radius 3 is 2.71 bits per heavy atom. The van der Waals surface area contributed by atoms with E-state index in [-0.39, 0.29) is 17.0 Å². The molecule has 0 amide bonds. The number of hydrogen-bond donors (Lipinski definition) is 3. The Labute approximate surface area is 86.4 Å². The average Bonchev–Trinajstić information content (AvgIpc) is 2.15. The minimum atomic E-state index is -1.08. The first-order valence-electron chi connectivity index (χ1n) is 3.79. The minimum absolute atomic E-state index is 0.0647. The van der Waals surface area contributed by atoms with Gasteiger partial charge in [-0.05, 0) is 17.7 Å². The first-order chi connectivity index (χ1) is 6.60. The van der Waals surface area contributed by atoms with Crippen LogP contribution in [0.25, 0.3) is 0 Å². The van der Waals surface area contributed by atoms with Crippen molar-refractivity contribution in [2.75, 3.05) is 0 Å². The molecule has 0 aliphatic heterocycles. The van der Waals surface area contributed by atoms with Crippen LogP contribution in [0.3, 0.4) is 0 Å². The zero-order valence-electron chi connectivity index (χ0n) is 7.19. The van der Waals surface area contributed by atoms with Crippen LogP contribution in [0, 0.1) is 11.3 Å². The molecule has 0 fully saturated rings. The van der Waals surface area contributed by atoms with Crippen LogP contribution in [0.4, 0.5) is 0 Å². The molecule has 14 heavy (non-hydrogen) atoms. The fourth-order valence-electron chi connectivity index (χ4n) is 1.16. The van der Waals surface area contributed by atoms with E-state index < -0.39 is 5.97 Å². The zero-order chi connectivity index (χ0) is 10.7. The fraction of sp³-hybridized carbons (Fsp3) is 0.111. The highest BCUT2D eigenvalue weighted by atomic mass is 32.1. The predicted molar refractivity (Wildman–Crippen MR) is 53.3 cm³/mol. The van der Waals surface area contributed by atoms with Crippen molar-refractivity contribution in [1.29, 1.82) is 5.26 Å². The molecular weight excluding hydrogens is 200 g/mol. The molecule has 1 rings (SSSR count). The van der Waals surface area contributed by atoms with Crippen molar-refractivity contribution in [2.24, 2.45) is 5.73 Å². The highest BCUT2D eigenvalue weighted by molar-refractivity contribution is 7.80. The minimum Gasteiger partial charge on any atom is -0.478 e. The summed E-state index contributed by atoms with van der Waals surface area (Å²) in [5.41, 5.74) is 6.22. The number of aromatic carboxylic acids is 1. The normalized spacial score (nSPS) is 9.50. The van der Waals surface area contributed by atoms with Crippen molar-refractivity contribution < 1.29 is 9.90 Å². The van der Waals surface area contributed by atoms with Crippen molar-refractivity contribution >= 4 is 18.6 Å². The summed E-state index contributed by atoms with van der Waals surface area (Å²) in [5.74, 6) is -1.08. The SMILES string of the molecule is N#Cc1cc(S)c(C(=O)O)c(CN)c1. The third kappa shape index (κ3) is 1.87. The Morgan fingerprint density at radius 2 is 2.29 bits per heavy atom. The molecule has 0 heterocycles. The van der Waals surface area contributed by atoms with E-state index in [1.807, 2.05) is 6.07 Å². The highest BCUT2D eigenvalue weighted by Gasteiger charge is 2.14. The highest BCUT2D eigenvalue weighted by Crippen LogP contribution is 2.20. The maximum absolute atomic E-state index is 10.8. The summed E-state index contributed by atoms with van der Waals surface area (Å²) in [6, 6.07) is 4.78. The lowest BCUT2D eigenvalue weighted by Crippen LogP contribution is -2.08. The van der Waals surface area contributed by atoms with Crippen molar-refractivity contribution in [3.63, 3.8) is 0 Å². The summed E-state index contributed by atoms with van der Waals surface area (Å²) in [4.78, 5) is 11.1. The van der Waals surface area contributed by atoms with Gasteiger partial charge in [0, 0.05) is 11.4 Å². The van der Waals surface area contributed by atoms with E-state index in [0.29, 0.717) is 11.1 Å². The Balaban J connectivity index is 3.44. The molecule has 0 saturated carbocycles. The molecule has 0 spiro atoms. The first kappa shape index (κ1) is 10.6. The van der Waals surface area contributed by atoms with Gasteiger partial charge in [-0.3, -0.25) is 0 Å². The molecule has 0 aliphatic carbocycles. The number of benzene rings is 1. The first-order valence-corrected chi connectivity index (χ1v) is 4.24. The Hall–Kier alpha value is -1.51. The van der Waals surface area contributed by atoms with Gasteiger partial charge in [0.05, 0.1) is 17.2 Å². The lowest BCUT2D eigenvalue weighted by molar-refractivity contribution is 0.0692. The standard InChI is InChI=1S/C9H8N2O2S/c10-3-5-1-6(4-11)8(9(12)13)7(14)2-5/h1-2,14H,4,11H2,(H,12,13). The van der Waals surface area contributed by atoms with E-state index in [9.17, 15) is 4.79 Å². The van der Waals surface area contributed by atoms with E-state index in [1.54, 1.807) is 0 Å². The predicted octanol–water partition coefficient (Wildman–Crippen LogP) is 1.00. The van der Waals surface area contributed by atoms with Gasteiger partial charge >= 0.3 is 5.97 Å². The van der Waals surface area contributed by atoms with Crippen LogP contribution in [0.5, 0.6) is 0 Å². The molecule has 1 aromatic rings. The van der Waals surface area contributed by atoms with Crippen LogP contribution in [-0.2, 0) is 6.54 Å². The Kier molecular flexibility index (Phi) is 3.12. The van der Waals surface area contributed by atoms with Gasteiger partial charge in [0.2, 0.25) is 0 Å². The summed E-state index contributed by atoms with van der Waals surface area (Å²) < 4.78 is 0. The summed E-state index contributed by atoms with van der Waals surface area (Å²) >= 11 is 4.00. The molecule has 72 valence electrons. The second kappa shape index (κ2) is 4.13. The number of nitrogens with zero attached hydrogens (tertiary/aromatic N) is 1. The van der Waals surface area contributed by atoms with Crippen LogP contribution in [0.2, 0.25) is 0 Å². The molecule has 3 N–H and O–H groups in total. The van der Waals surface area contributed by atoms with Crippen LogP contribution >= 0.6 is 12.6 Å². The summed E-state index contributed by atoms with van der Waals surface area (Å²) in [7, 11) is 0. The van der Waals surface area contributed by atoms with E-state index in [0.717, 1.165) is 0 Å². The van der Waals surface area contributed by atoms with Crippen molar-refractivity contribution in [1.82, 2.24) is 0 Å². The number of nitriles is 1. The molecular formula is C9H8N2O2S. The van der Waals surface area contributed by atoms with Gasteiger partial charge in [-0.2, -0.15) is 5.26 Å². The molecule has 1 aromatic carbocycles. The third-order valence-electron chi connectivity index (χ3n) is 1.76. The van der Waals surface area contributed by atoms with Crippen LogP contribution in [0.15, 0.2) is 17.0 Å². The zero-order valence-corrected chi connectivity index (χ0v) is 8.08. The topological polar surface area (TPSA) is 87.1 Å². The number of nitrogens with two attached hydrogens (primary N) is 1. The molecule has 5 heteroatoms. The van der Waals surface area contributed by atoms with E-state index in [1.165, 1.54) is 12.1 Å². The van der Waals surface area contributed by atoms with Gasteiger partial charge in [0.1, 0.15) is 0 Å². The summed E-state index contributed by atoms with van der Waals surface area (Å²) in [6.07, 6.45) is 0. The van der Waals surface area contributed by atoms with E-state index in [4.69, 9.17) is 16.1 Å². The van der Waals surface area contributed by atoms with Crippen LogP contribution in [0.1, 0.15) is 21.5 Å². The number of hydrogen-bond acceptors (Lipinski definition) is 4. The fourth-order valence-corrected chi connectivity index (χ4v) is 1.54. The Bertz CT molecular complexity index is 424. The number of carbonyl (C=O) groups is 1. The summed E-state index contributed by atoms with van der Waals surface area (Å²) in [5, 5.41) is 17.5. The lowest BCUT2D eigenvalue weighted by Gasteiger charge is -2.06. The molecule has 0 bridgehead atoms. The van der Waals surface area contributed by atoms with Gasteiger partial charge in [-0.25, -0.2) is 4.79 Å². The van der Waals surface area contributed by atoms with Gasteiger partial charge < -0.3 is 10.8 Å². The maximum atomic E-state index is 10.8. The van der Waals surface area contributed by atoms with Gasteiger partial charge in [0.25, 0.3) is 0 Å². The van der Waals surface area contributed by atoms with Crippen LogP contribution in [-0.4, -0.2) is 11.1 Å². The number of carboxylic acids is 1. The van der Waals surface area contributed by atoms with Gasteiger partial charge in [-0.1, -0.05) is 0 Å². The maximum Gasteiger partial charge on any atom is 0.337 e. The second-order valence-corrected chi connectivity index (χ2v) is 3.13. The van der Waals surface area contributed by atoms with Gasteiger partial charge in [-0.15, -0.1) is 12.6 Å². The summed E-state index contributed by atoms with van der Waals surface area (Å²) in [6.45, 7) is 0.0741.